The Balaban J connectivity index is 1.84. The summed E-state index contributed by atoms with van der Waals surface area (Å²) < 4.78 is 6.50. The van der Waals surface area contributed by atoms with Crippen molar-refractivity contribution in [3.63, 3.8) is 0 Å². The van der Waals surface area contributed by atoms with Gasteiger partial charge in [-0.25, -0.2) is 0 Å². The molecule has 2 N–H and O–H groups in total. The molecule has 0 saturated heterocycles. The predicted molar refractivity (Wildman–Crippen MR) is 80.6 cm³/mol. The number of hydrogen-bond donors (Lipinski definition) is 2. The lowest BCUT2D eigenvalue weighted by atomic mass is 9.93. The molecule has 0 spiro atoms. The SMILES string of the molecule is CC(Oc1ccccc1Br)C(=O)NC1CCC(O)CC1. The zero-order chi connectivity index (χ0) is 14.5. The van der Waals surface area contributed by atoms with Gasteiger partial charge in [0.1, 0.15) is 5.75 Å². The molecule has 1 unspecified atom stereocenters. The lowest BCUT2D eigenvalue weighted by Crippen LogP contribution is -2.44. The lowest BCUT2D eigenvalue weighted by molar-refractivity contribution is -0.128. The average Bonchev–Trinajstić information content (AvgIpc) is 2.44. The van der Waals surface area contributed by atoms with Gasteiger partial charge in [0.2, 0.25) is 0 Å². The van der Waals surface area contributed by atoms with Crippen LogP contribution < -0.4 is 10.1 Å². The molecule has 20 heavy (non-hydrogen) atoms. The van der Waals surface area contributed by atoms with Crippen LogP contribution >= 0.6 is 15.9 Å². The zero-order valence-corrected chi connectivity index (χ0v) is 13.1. The summed E-state index contributed by atoms with van der Waals surface area (Å²) >= 11 is 3.39. The summed E-state index contributed by atoms with van der Waals surface area (Å²) in [4.78, 5) is 12.1. The van der Waals surface area contributed by atoms with E-state index in [4.69, 9.17) is 4.74 Å². The van der Waals surface area contributed by atoms with Crippen molar-refractivity contribution in [2.75, 3.05) is 0 Å². The Morgan fingerprint density at radius 1 is 1.35 bits per heavy atom. The normalized spacial score (nSPS) is 23.9. The number of ether oxygens (including phenoxy) is 1. The Kier molecular flexibility index (Phi) is 5.43. The number of benzene rings is 1. The molecular formula is C15H20BrNO3. The van der Waals surface area contributed by atoms with Crippen LogP contribution in [0.25, 0.3) is 0 Å². The molecule has 110 valence electrons. The Bertz CT molecular complexity index is 458. The molecule has 0 bridgehead atoms. The Labute approximate surface area is 127 Å². The minimum absolute atomic E-state index is 0.109. The maximum absolute atomic E-state index is 12.1. The molecule has 1 aromatic carbocycles. The molecule has 2 rings (SSSR count). The van der Waals surface area contributed by atoms with Gasteiger partial charge in [-0.15, -0.1) is 0 Å². The molecule has 1 fully saturated rings. The molecule has 1 aromatic rings. The van der Waals surface area contributed by atoms with Gasteiger partial charge in [0.25, 0.3) is 5.91 Å². The quantitative estimate of drug-likeness (QED) is 0.884. The topological polar surface area (TPSA) is 58.6 Å². The Morgan fingerprint density at radius 3 is 2.65 bits per heavy atom. The van der Waals surface area contributed by atoms with E-state index in [9.17, 15) is 9.90 Å². The van der Waals surface area contributed by atoms with Crippen LogP contribution in [0.1, 0.15) is 32.6 Å². The monoisotopic (exact) mass is 341 g/mol. The molecule has 0 radical (unpaired) electrons. The first-order valence-electron chi connectivity index (χ1n) is 6.96. The summed E-state index contributed by atoms with van der Waals surface area (Å²) in [6.07, 6.45) is 2.41. The number of aliphatic hydroxyl groups is 1. The Morgan fingerprint density at radius 2 is 2.00 bits per heavy atom. The van der Waals surface area contributed by atoms with Crippen molar-refractivity contribution in [2.45, 2.75) is 50.9 Å². The maximum Gasteiger partial charge on any atom is 0.260 e. The van der Waals surface area contributed by atoms with Gasteiger partial charge in [-0.2, -0.15) is 0 Å². The minimum atomic E-state index is -0.541. The van der Waals surface area contributed by atoms with Gasteiger partial charge in [-0.3, -0.25) is 4.79 Å². The highest BCUT2D eigenvalue weighted by atomic mass is 79.9. The number of halogens is 1. The van der Waals surface area contributed by atoms with Crippen LogP contribution in [0.3, 0.4) is 0 Å². The predicted octanol–water partition coefficient (Wildman–Crippen LogP) is 2.64. The number of aliphatic hydroxyl groups excluding tert-OH is 1. The fraction of sp³-hybridized carbons (Fsp3) is 0.533. The molecule has 5 heteroatoms. The van der Waals surface area contributed by atoms with E-state index >= 15 is 0 Å². The summed E-state index contributed by atoms with van der Waals surface area (Å²) in [6.45, 7) is 1.74. The number of rotatable bonds is 4. The van der Waals surface area contributed by atoms with Crippen molar-refractivity contribution >= 4 is 21.8 Å². The number of amides is 1. The van der Waals surface area contributed by atoms with Crippen molar-refractivity contribution in [2.24, 2.45) is 0 Å². The number of para-hydroxylation sites is 1. The maximum atomic E-state index is 12.1. The van der Waals surface area contributed by atoms with Gasteiger partial charge in [-0.05, 0) is 60.7 Å². The van der Waals surface area contributed by atoms with Crippen molar-refractivity contribution < 1.29 is 14.6 Å². The lowest BCUT2D eigenvalue weighted by Gasteiger charge is -2.27. The highest BCUT2D eigenvalue weighted by Crippen LogP contribution is 2.25. The van der Waals surface area contributed by atoms with Crippen LogP contribution in [0.15, 0.2) is 28.7 Å². The third kappa shape index (κ3) is 4.21. The second-order valence-corrected chi connectivity index (χ2v) is 6.06. The number of carbonyl (C=O) groups excluding carboxylic acids is 1. The molecule has 0 aromatic heterocycles. The first kappa shape index (κ1) is 15.3. The summed E-state index contributed by atoms with van der Waals surface area (Å²) in [5.41, 5.74) is 0. The van der Waals surface area contributed by atoms with Crippen molar-refractivity contribution in [3.05, 3.63) is 28.7 Å². The second-order valence-electron chi connectivity index (χ2n) is 5.20. The van der Waals surface area contributed by atoms with Gasteiger partial charge >= 0.3 is 0 Å². The minimum Gasteiger partial charge on any atom is -0.480 e. The van der Waals surface area contributed by atoms with E-state index in [2.05, 4.69) is 21.2 Å². The van der Waals surface area contributed by atoms with Gasteiger partial charge in [0.05, 0.1) is 10.6 Å². The largest absolute Gasteiger partial charge is 0.480 e. The second kappa shape index (κ2) is 7.09. The van der Waals surface area contributed by atoms with E-state index in [-0.39, 0.29) is 18.1 Å². The van der Waals surface area contributed by atoms with Gasteiger partial charge in [0, 0.05) is 6.04 Å². The fourth-order valence-corrected chi connectivity index (χ4v) is 2.70. The average molecular weight is 342 g/mol. The molecular weight excluding hydrogens is 322 g/mol. The van der Waals surface area contributed by atoms with Crippen molar-refractivity contribution in [3.8, 4) is 5.75 Å². The van der Waals surface area contributed by atoms with Crippen LogP contribution in [0, 0.1) is 0 Å². The molecule has 1 aliphatic carbocycles. The van der Waals surface area contributed by atoms with Crippen molar-refractivity contribution in [1.29, 1.82) is 0 Å². The van der Waals surface area contributed by atoms with E-state index in [1.807, 2.05) is 24.3 Å². The van der Waals surface area contributed by atoms with Gasteiger partial charge in [0.15, 0.2) is 6.10 Å². The molecule has 0 aliphatic heterocycles. The standard InChI is InChI=1S/C15H20BrNO3/c1-10(20-14-5-3-2-4-13(14)16)15(19)17-11-6-8-12(18)9-7-11/h2-5,10-12,18H,6-9H2,1H3,(H,17,19). The van der Waals surface area contributed by atoms with Gasteiger partial charge < -0.3 is 15.2 Å². The third-order valence-electron chi connectivity index (χ3n) is 3.55. The summed E-state index contributed by atoms with van der Waals surface area (Å²) in [6, 6.07) is 7.62. The highest BCUT2D eigenvalue weighted by molar-refractivity contribution is 9.10. The molecule has 1 aliphatic rings. The van der Waals surface area contributed by atoms with Crippen LogP contribution in [0.2, 0.25) is 0 Å². The third-order valence-corrected chi connectivity index (χ3v) is 4.21. The molecule has 1 saturated carbocycles. The first-order valence-corrected chi connectivity index (χ1v) is 7.75. The van der Waals surface area contributed by atoms with E-state index in [0.717, 1.165) is 30.2 Å². The number of hydrogen-bond acceptors (Lipinski definition) is 3. The van der Waals surface area contributed by atoms with Crippen LogP contribution in [-0.2, 0) is 4.79 Å². The summed E-state index contributed by atoms with van der Waals surface area (Å²) in [7, 11) is 0. The summed E-state index contributed by atoms with van der Waals surface area (Å²) in [5.74, 6) is 0.552. The first-order chi connectivity index (χ1) is 9.56. The zero-order valence-electron chi connectivity index (χ0n) is 11.5. The van der Waals surface area contributed by atoms with Crippen LogP contribution in [0.5, 0.6) is 5.75 Å². The van der Waals surface area contributed by atoms with Crippen LogP contribution in [0.4, 0.5) is 0 Å². The highest BCUT2D eigenvalue weighted by Gasteiger charge is 2.23. The van der Waals surface area contributed by atoms with E-state index < -0.39 is 6.10 Å². The smallest absolute Gasteiger partial charge is 0.260 e. The molecule has 1 amide bonds. The van der Waals surface area contributed by atoms with Crippen LogP contribution in [-0.4, -0.2) is 29.3 Å². The number of nitrogens with one attached hydrogen (secondary N) is 1. The number of carbonyl (C=O) groups is 1. The van der Waals surface area contributed by atoms with E-state index in [1.54, 1.807) is 6.92 Å². The summed E-state index contributed by atoms with van der Waals surface area (Å²) in [5, 5.41) is 12.4. The fourth-order valence-electron chi connectivity index (χ4n) is 2.32. The molecule has 4 nitrogen and oxygen atoms in total. The van der Waals surface area contributed by atoms with Crippen molar-refractivity contribution in [1.82, 2.24) is 5.32 Å². The van der Waals surface area contributed by atoms with E-state index in [0.29, 0.717) is 5.75 Å². The Hall–Kier alpha value is -1.07. The van der Waals surface area contributed by atoms with Gasteiger partial charge in [-0.1, -0.05) is 12.1 Å². The molecule has 0 heterocycles. The van der Waals surface area contributed by atoms with E-state index in [1.165, 1.54) is 0 Å². The molecule has 1 atom stereocenters.